The van der Waals surface area contributed by atoms with Gasteiger partial charge < -0.3 is 15.6 Å². The van der Waals surface area contributed by atoms with Crippen LogP contribution < -0.4 is 10.5 Å². The lowest BCUT2D eigenvalue weighted by Crippen LogP contribution is -2.21. The van der Waals surface area contributed by atoms with E-state index in [0.29, 0.717) is 11.6 Å². The minimum Gasteiger partial charge on any atom is -0.496 e. The number of hydrogen-bond donors (Lipinski definition) is 2. The molecule has 0 aliphatic carbocycles. The molecule has 0 aliphatic rings. The highest BCUT2D eigenvalue weighted by Crippen LogP contribution is 2.37. The van der Waals surface area contributed by atoms with Crippen molar-refractivity contribution in [2.75, 3.05) is 13.7 Å². The van der Waals surface area contributed by atoms with Crippen LogP contribution in [0.15, 0.2) is 42.5 Å². The molecule has 0 radical (unpaired) electrons. The highest BCUT2D eigenvalue weighted by Gasteiger charge is 2.25. The Balaban J connectivity index is 2.43. The lowest BCUT2D eigenvalue weighted by molar-refractivity contribution is 0.145. The number of methoxy groups -OCH3 is 1. The lowest BCUT2D eigenvalue weighted by atomic mass is 9.87. The van der Waals surface area contributed by atoms with Crippen LogP contribution in [-0.4, -0.2) is 18.8 Å². The molecule has 3 N–H and O–H groups in total. The zero-order valence-electron chi connectivity index (χ0n) is 12.2. The maximum atomic E-state index is 10.8. The molecular weight excluding hydrogens is 286 g/mol. The summed E-state index contributed by atoms with van der Waals surface area (Å²) in [6.45, 7) is 2.26. The summed E-state index contributed by atoms with van der Waals surface area (Å²) >= 11 is 6.05. The molecule has 2 aromatic rings. The van der Waals surface area contributed by atoms with Gasteiger partial charge in [-0.15, -0.1) is 0 Å². The Kier molecular flexibility index (Phi) is 5.23. The Morgan fingerprint density at radius 2 is 1.90 bits per heavy atom. The van der Waals surface area contributed by atoms with Gasteiger partial charge in [0, 0.05) is 23.0 Å². The van der Waals surface area contributed by atoms with E-state index in [0.717, 1.165) is 22.4 Å². The summed E-state index contributed by atoms with van der Waals surface area (Å²) in [5.41, 5.74) is 8.59. The Labute approximate surface area is 130 Å². The number of para-hydroxylation sites is 1. The number of aryl methyl sites for hydroxylation is 1. The van der Waals surface area contributed by atoms with E-state index < -0.39 is 6.10 Å². The van der Waals surface area contributed by atoms with Crippen molar-refractivity contribution in [1.29, 1.82) is 0 Å². The van der Waals surface area contributed by atoms with Crippen molar-refractivity contribution in [2.24, 2.45) is 5.73 Å². The van der Waals surface area contributed by atoms with Gasteiger partial charge in [0.15, 0.2) is 0 Å². The molecule has 0 fully saturated rings. The van der Waals surface area contributed by atoms with Crippen molar-refractivity contribution in [3.63, 3.8) is 0 Å². The molecule has 0 heterocycles. The zero-order chi connectivity index (χ0) is 15.4. The van der Waals surface area contributed by atoms with Gasteiger partial charge in [-0.2, -0.15) is 0 Å². The van der Waals surface area contributed by atoms with Gasteiger partial charge in [0.1, 0.15) is 5.75 Å². The maximum absolute atomic E-state index is 10.8. The minimum atomic E-state index is -0.731. The monoisotopic (exact) mass is 305 g/mol. The van der Waals surface area contributed by atoms with Crippen LogP contribution in [0.2, 0.25) is 5.02 Å². The first kappa shape index (κ1) is 15.8. The van der Waals surface area contributed by atoms with Gasteiger partial charge in [-0.1, -0.05) is 35.9 Å². The molecule has 0 saturated carbocycles. The fraction of sp³-hybridized carbons (Fsp3) is 0.294. The summed E-state index contributed by atoms with van der Waals surface area (Å²) in [5, 5.41) is 11.4. The van der Waals surface area contributed by atoms with Crippen molar-refractivity contribution >= 4 is 11.6 Å². The summed E-state index contributed by atoms with van der Waals surface area (Å²) in [4.78, 5) is 0. The van der Waals surface area contributed by atoms with Crippen LogP contribution in [-0.2, 0) is 0 Å². The number of nitrogens with two attached hydrogens (primary N) is 1. The minimum absolute atomic E-state index is 0.252. The van der Waals surface area contributed by atoms with E-state index in [2.05, 4.69) is 0 Å². The molecule has 0 bridgehead atoms. The fourth-order valence-electron chi connectivity index (χ4n) is 2.55. The molecule has 2 unspecified atom stereocenters. The predicted octanol–water partition coefficient (Wildman–Crippen LogP) is 3.43. The Hall–Kier alpha value is -1.55. The predicted molar refractivity (Wildman–Crippen MR) is 85.9 cm³/mol. The van der Waals surface area contributed by atoms with E-state index >= 15 is 0 Å². The highest BCUT2D eigenvalue weighted by atomic mass is 35.5. The van der Waals surface area contributed by atoms with Gasteiger partial charge in [0.05, 0.1) is 13.2 Å². The number of ether oxygens (including phenoxy) is 1. The maximum Gasteiger partial charge on any atom is 0.122 e. The van der Waals surface area contributed by atoms with Crippen LogP contribution in [0.1, 0.15) is 28.7 Å². The molecule has 21 heavy (non-hydrogen) atoms. The van der Waals surface area contributed by atoms with Crippen molar-refractivity contribution in [3.05, 3.63) is 64.2 Å². The van der Waals surface area contributed by atoms with Gasteiger partial charge in [0.2, 0.25) is 0 Å². The van der Waals surface area contributed by atoms with E-state index in [4.69, 9.17) is 22.1 Å². The molecule has 2 atom stereocenters. The van der Waals surface area contributed by atoms with Crippen LogP contribution in [0, 0.1) is 6.92 Å². The van der Waals surface area contributed by atoms with E-state index in [9.17, 15) is 5.11 Å². The first-order chi connectivity index (χ1) is 10.1. The number of hydrogen-bond acceptors (Lipinski definition) is 3. The quantitative estimate of drug-likeness (QED) is 0.890. The summed E-state index contributed by atoms with van der Waals surface area (Å²) in [5.74, 6) is 0.477. The first-order valence-electron chi connectivity index (χ1n) is 6.85. The molecule has 0 aliphatic heterocycles. The van der Waals surface area contributed by atoms with Crippen molar-refractivity contribution in [1.82, 2.24) is 0 Å². The molecule has 0 spiro atoms. The van der Waals surface area contributed by atoms with Crippen LogP contribution in [0.3, 0.4) is 0 Å². The average molecular weight is 306 g/mol. The summed E-state index contributed by atoms with van der Waals surface area (Å²) in [6, 6.07) is 13.1. The normalized spacial score (nSPS) is 13.8. The van der Waals surface area contributed by atoms with Gasteiger partial charge in [-0.05, 0) is 36.2 Å². The molecule has 4 heteroatoms. The largest absolute Gasteiger partial charge is 0.496 e. The standard InChI is InChI=1S/C17H20ClNO2/c1-11-7-8-12(18)9-14(11)17(20)15(10-19)13-5-3-4-6-16(13)21-2/h3-9,15,17,20H,10,19H2,1-2H3. The highest BCUT2D eigenvalue weighted by molar-refractivity contribution is 6.30. The smallest absolute Gasteiger partial charge is 0.122 e. The van der Waals surface area contributed by atoms with Gasteiger partial charge in [0.25, 0.3) is 0 Å². The first-order valence-corrected chi connectivity index (χ1v) is 7.23. The van der Waals surface area contributed by atoms with E-state index in [1.165, 1.54) is 0 Å². The third kappa shape index (κ3) is 3.38. The van der Waals surface area contributed by atoms with Crippen LogP contribution in [0.4, 0.5) is 0 Å². The van der Waals surface area contributed by atoms with Crippen LogP contribution in [0.5, 0.6) is 5.75 Å². The second kappa shape index (κ2) is 6.94. The number of benzene rings is 2. The SMILES string of the molecule is COc1ccccc1C(CN)C(O)c1cc(Cl)ccc1C. The molecule has 112 valence electrons. The lowest BCUT2D eigenvalue weighted by Gasteiger charge is -2.25. The number of aliphatic hydroxyl groups excluding tert-OH is 1. The molecule has 0 saturated heterocycles. The summed E-state index contributed by atoms with van der Waals surface area (Å²) < 4.78 is 5.38. The molecule has 0 aromatic heterocycles. The van der Waals surface area contributed by atoms with E-state index in [-0.39, 0.29) is 5.92 Å². The topological polar surface area (TPSA) is 55.5 Å². The number of rotatable bonds is 5. The van der Waals surface area contributed by atoms with Gasteiger partial charge >= 0.3 is 0 Å². The second-order valence-electron chi connectivity index (χ2n) is 5.03. The Morgan fingerprint density at radius 3 is 2.57 bits per heavy atom. The second-order valence-corrected chi connectivity index (χ2v) is 5.47. The van der Waals surface area contributed by atoms with Gasteiger partial charge in [-0.25, -0.2) is 0 Å². The average Bonchev–Trinajstić information content (AvgIpc) is 2.50. The number of halogens is 1. The zero-order valence-corrected chi connectivity index (χ0v) is 13.0. The molecule has 2 aromatic carbocycles. The molecule has 2 rings (SSSR count). The van der Waals surface area contributed by atoms with Gasteiger partial charge in [-0.3, -0.25) is 0 Å². The number of aliphatic hydroxyl groups is 1. The Morgan fingerprint density at radius 1 is 1.19 bits per heavy atom. The molecule has 3 nitrogen and oxygen atoms in total. The van der Waals surface area contributed by atoms with Crippen molar-refractivity contribution < 1.29 is 9.84 Å². The Bertz CT molecular complexity index is 615. The van der Waals surface area contributed by atoms with E-state index in [1.54, 1.807) is 13.2 Å². The van der Waals surface area contributed by atoms with Crippen LogP contribution in [0.25, 0.3) is 0 Å². The van der Waals surface area contributed by atoms with Crippen molar-refractivity contribution in [2.45, 2.75) is 18.9 Å². The summed E-state index contributed by atoms with van der Waals surface area (Å²) in [7, 11) is 1.61. The van der Waals surface area contributed by atoms with Crippen molar-refractivity contribution in [3.8, 4) is 5.75 Å². The molecule has 0 amide bonds. The molecular formula is C17H20ClNO2. The third-order valence-electron chi connectivity index (χ3n) is 3.73. The van der Waals surface area contributed by atoms with E-state index in [1.807, 2.05) is 43.3 Å². The van der Waals surface area contributed by atoms with Crippen LogP contribution >= 0.6 is 11.6 Å². The third-order valence-corrected chi connectivity index (χ3v) is 3.97. The fourth-order valence-corrected chi connectivity index (χ4v) is 2.73. The summed E-state index contributed by atoms with van der Waals surface area (Å²) in [6.07, 6.45) is -0.731.